The van der Waals surface area contributed by atoms with Crippen LogP contribution in [0.25, 0.3) is 0 Å². The molecule has 0 atom stereocenters. The van der Waals surface area contributed by atoms with Gasteiger partial charge in [-0.3, -0.25) is 0 Å². The first-order chi connectivity index (χ1) is 9.28. The van der Waals surface area contributed by atoms with E-state index in [4.69, 9.17) is 0 Å². The summed E-state index contributed by atoms with van der Waals surface area (Å²) in [7, 11) is -0.0146. The molecule has 0 N–H and O–H groups in total. The quantitative estimate of drug-likeness (QED) is 0.481. The van der Waals surface area contributed by atoms with Gasteiger partial charge in [0.1, 0.15) is 0 Å². The van der Waals surface area contributed by atoms with Crippen LogP contribution in [-0.2, 0) is 10.9 Å². The zero-order valence-electron chi connectivity index (χ0n) is 12.3. The van der Waals surface area contributed by atoms with Crippen LogP contribution in [0.1, 0.15) is 27.7 Å². The van der Waals surface area contributed by atoms with E-state index in [1.54, 1.807) is 0 Å². The summed E-state index contributed by atoms with van der Waals surface area (Å²) in [5, 5.41) is 0. The summed E-state index contributed by atoms with van der Waals surface area (Å²) in [5.74, 6) is 0. The molecular formula is C18H23S+. The van der Waals surface area contributed by atoms with Crippen LogP contribution in [0.2, 0.25) is 0 Å². The lowest BCUT2D eigenvalue weighted by Gasteiger charge is -2.08. The Hall–Kier alpha value is -1.47. The number of hydrogen-bond acceptors (Lipinski definition) is 0. The van der Waals surface area contributed by atoms with E-state index in [1.165, 1.54) is 14.7 Å². The highest BCUT2D eigenvalue weighted by Gasteiger charge is 2.29. The molecule has 0 aliphatic rings. The largest absolute Gasteiger partial charge is 0.166 e. The predicted octanol–water partition coefficient (Wildman–Crippen LogP) is 5.62. The third-order valence-electron chi connectivity index (χ3n) is 2.68. The van der Waals surface area contributed by atoms with E-state index in [-0.39, 0.29) is 10.9 Å². The highest BCUT2D eigenvalue weighted by atomic mass is 32.2. The first kappa shape index (κ1) is 15.6. The Labute approximate surface area is 120 Å². The van der Waals surface area contributed by atoms with Crippen LogP contribution in [0.15, 0.2) is 81.5 Å². The molecule has 0 fully saturated rings. The van der Waals surface area contributed by atoms with Crippen molar-refractivity contribution >= 4 is 10.9 Å². The van der Waals surface area contributed by atoms with Crippen molar-refractivity contribution in [2.45, 2.75) is 32.6 Å². The summed E-state index contributed by atoms with van der Waals surface area (Å²) >= 11 is 0. The smallest absolute Gasteiger partial charge is 0.0827 e. The summed E-state index contributed by atoms with van der Waals surface area (Å²) in [6.07, 6.45) is 13.1. The summed E-state index contributed by atoms with van der Waals surface area (Å²) < 4.78 is 0. The standard InChI is InChI=1S/C18H23S/c1-5-12-16(7-3)19(17(8-4)13-6-2)18-14-10-9-11-15-18/h5-15H,1-4H3/q+1/b12-5-,13-6-,16-7+,17-8+. The molecule has 19 heavy (non-hydrogen) atoms. The van der Waals surface area contributed by atoms with Crippen molar-refractivity contribution in [3.63, 3.8) is 0 Å². The monoisotopic (exact) mass is 271 g/mol. The lowest BCUT2D eigenvalue weighted by molar-refractivity contribution is 1.44. The second-order valence-corrected chi connectivity index (χ2v) is 6.03. The average molecular weight is 271 g/mol. The van der Waals surface area contributed by atoms with Crippen LogP contribution in [0.5, 0.6) is 0 Å². The van der Waals surface area contributed by atoms with Crippen molar-refractivity contribution in [1.29, 1.82) is 0 Å². The second-order valence-electron chi connectivity index (χ2n) is 4.00. The lowest BCUT2D eigenvalue weighted by Crippen LogP contribution is -2.06. The van der Waals surface area contributed by atoms with Crippen LogP contribution in [0, 0.1) is 0 Å². The van der Waals surface area contributed by atoms with Gasteiger partial charge in [0, 0.05) is 0 Å². The van der Waals surface area contributed by atoms with E-state index in [0.29, 0.717) is 0 Å². The molecule has 0 aliphatic carbocycles. The molecule has 0 aliphatic heterocycles. The minimum atomic E-state index is -0.0146. The maximum absolute atomic E-state index is 2.21. The maximum atomic E-state index is 2.21. The third-order valence-corrected chi connectivity index (χ3v) is 5.11. The third kappa shape index (κ3) is 4.29. The first-order valence-corrected chi connectivity index (χ1v) is 7.88. The van der Waals surface area contributed by atoms with Crippen molar-refractivity contribution in [3.8, 4) is 0 Å². The van der Waals surface area contributed by atoms with Crippen LogP contribution in [0.3, 0.4) is 0 Å². The van der Waals surface area contributed by atoms with Gasteiger partial charge in [0.2, 0.25) is 0 Å². The van der Waals surface area contributed by atoms with Crippen molar-refractivity contribution < 1.29 is 0 Å². The van der Waals surface area contributed by atoms with E-state index >= 15 is 0 Å². The molecule has 0 amide bonds. The molecule has 0 unspecified atom stereocenters. The predicted molar refractivity (Wildman–Crippen MR) is 89.2 cm³/mol. The van der Waals surface area contributed by atoms with Crippen molar-refractivity contribution in [2.75, 3.05) is 0 Å². The van der Waals surface area contributed by atoms with Gasteiger partial charge in [-0.05, 0) is 64.1 Å². The van der Waals surface area contributed by atoms with Gasteiger partial charge < -0.3 is 0 Å². The molecular weight excluding hydrogens is 248 g/mol. The molecule has 1 rings (SSSR count). The Kier molecular flexibility index (Phi) is 7.06. The minimum absolute atomic E-state index is 0.0146. The molecule has 1 aromatic rings. The van der Waals surface area contributed by atoms with E-state index in [0.717, 1.165) is 0 Å². The highest BCUT2D eigenvalue weighted by molar-refractivity contribution is 8.04. The van der Waals surface area contributed by atoms with Gasteiger partial charge in [0.05, 0.1) is 10.9 Å². The molecule has 0 spiro atoms. The summed E-state index contributed by atoms with van der Waals surface area (Å²) in [5.41, 5.74) is 0. The highest BCUT2D eigenvalue weighted by Crippen LogP contribution is 2.30. The fraction of sp³-hybridized carbons (Fsp3) is 0.222. The maximum Gasteiger partial charge on any atom is 0.166 e. The Balaban J connectivity index is 3.33. The van der Waals surface area contributed by atoms with E-state index in [2.05, 4.69) is 94.5 Å². The van der Waals surface area contributed by atoms with Gasteiger partial charge >= 0.3 is 0 Å². The van der Waals surface area contributed by atoms with Gasteiger partial charge in [-0.25, -0.2) is 0 Å². The Bertz CT molecular complexity index is 462. The van der Waals surface area contributed by atoms with Crippen molar-refractivity contribution in [1.82, 2.24) is 0 Å². The summed E-state index contributed by atoms with van der Waals surface area (Å²) in [6, 6.07) is 10.7. The van der Waals surface area contributed by atoms with E-state index < -0.39 is 0 Å². The van der Waals surface area contributed by atoms with Crippen molar-refractivity contribution in [3.05, 3.63) is 76.6 Å². The van der Waals surface area contributed by atoms with Gasteiger partial charge in [-0.15, -0.1) is 0 Å². The Morgan fingerprint density at radius 3 is 1.63 bits per heavy atom. The normalized spacial score (nSPS) is 15.4. The molecule has 0 bridgehead atoms. The molecule has 0 heterocycles. The number of rotatable bonds is 5. The average Bonchev–Trinajstić information content (AvgIpc) is 2.46. The molecule has 1 heteroatoms. The Morgan fingerprint density at radius 2 is 1.26 bits per heavy atom. The SMILES string of the molecule is C/C=C\C(=C/C)[S+](C(/C=C\C)=C/C)c1ccccc1. The fourth-order valence-electron chi connectivity index (χ4n) is 1.86. The Morgan fingerprint density at radius 1 is 0.789 bits per heavy atom. The van der Waals surface area contributed by atoms with Crippen LogP contribution < -0.4 is 0 Å². The van der Waals surface area contributed by atoms with Crippen LogP contribution in [0.4, 0.5) is 0 Å². The van der Waals surface area contributed by atoms with Gasteiger partial charge in [-0.1, -0.05) is 30.4 Å². The van der Waals surface area contributed by atoms with Gasteiger partial charge in [-0.2, -0.15) is 0 Å². The van der Waals surface area contributed by atoms with Gasteiger partial charge in [0.15, 0.2) is 14.7 Å². The molecule has 0 saturated carbocycles. The number of benzene rings is 1. The molecule has 0 radical (unpaired) electrons. The second kappa shape index (κ2) is 8.60. The summed E-state index contributed by atoms with van der Waals surface area (Å²) in [6.45, 7) is 8.37. The van der Waals surface area contributed by atoms with E-state index in [9.17, 15) is 0 Å². The zero-order chi connectivity index (χ0) is 14.1. The summed E-state index contributed by atoms with van der Waals surface area (Å²) in [4.78, 5) is 4.08. The van der Waals surface area contributed by atoms with E-state index in [1.807, 2.05) is 0 Å². The van der Waals surface area contributed by atoms with Crippen molar-refractivity contribution in [2.24, 2.45) is 0 Å². The molecule has 100 valence electrons. The lowest BCUT2D eigenvalue weighted by atomic mass is 10.4. The topological polar surface area (TPSA) is 0 Å². The van der Waals surface area contributed by atoms with Crippen LogP contribution in [-0.4, -0.2) is 0 Å². The zero-order valence-corrected chi connectivity index (χ0v) is 13.1. The minimum Gasteiger partial charge on any atom is -0.0827 e. The first-order valence-electron chi connectivity index (χ1n) is 6.65. The number of allylic oxidation sites excluding steroid dienone is 6. The van der Waals surface area contributed by atoms with Crippen LogP contribution >= 0.6 is 0 Å². The number of hydrogen-bond donors (Lipinski definition) is 0. The molecule has 0 nitrogen and oxygen atoms in total. The fourth-order valence-corrected chi connectivity index (χ4v) is 4.12. The van der Waals surface area contributed by atoms with Gasteiger partial charge in [0.25, 0.3) is 0 Å². The molecule has 0 saturated heterocycles. The molecule has 1 aromatic carbocycles. The molecule has 0 aromatic heterocycles.